The minimum absolute atomic E-state index is 0.0394. The molecule has 1 aromatic heterocycles. The number of hydrogen-bond donors (Lipinski definition) is 2. The van der Waals surface area contributed by atoms with Gasteiger partial charge >= 0.3 is 0 Å². The summed E-state index contributed by atoms with van der Waals surface area (Å²) in [7, 11) is 1.92. The molecule has 3 aliphatic rings. The van der Waals surface area contributed by atoms with E-state index in [0.717, 1.165) is 25.0 Å². The molecule has 0 spiro atoms. The highest BCUT2D eigenvalue weighted by molar-refractivity contribution is 5.81. The van der Waals surface area contributed by atoms with Gasteiger partial charge in [0, 0.05) is 38.7 Å². The maximum Gasteiger partial charge on any atom is 0.226 e. The second-order valence-corrected chi connectivity index (χ2v) is 8.73. The fourth-order valence-corrected chi connectivity index (χ4v) is 4.36. The predicted octanol–water partition coefficient (Wildman–Crippen LogP) is 0.0148. The third-order valence-electron chi connectivity index (χ3n) is 6.07. The Morgan fingerprint density at radius 2 is 2.10 bits per heavy atom. The molecule has 2 saturated heterocycles. The van der Waals surface area contributed by atoms with E-state index in [1.165, 1.54) is 0 Å². The summed E-state index contributed by atoms with van der Waals surface area (Å²) in [6.45, 7) is 1.35. The number of amides is 2. The van der Waals surface area contributed by atoms with E-state index in [0.29, 0.717) is 39.0 Å². The lowest BCUT2D eigenvalue weighted by molar-refractivity contribution is -0.170. The molecule has 3 fully saturated rings. The van der Waals surface area contributed by atoms with Crippen LogP contribution in [0, 0.1) is 5.92 Å². The van der Waals surface area contributed by atoms with E-state index < -0.39 is 6.10 Å². The number of aromatic nitrogens is 2. The van der Waals surface area contributed by atoms with Gasteiger partial charge in [-0.1, -0.05) is 0 Å². The molecule has 9 nitrogen and oxygen atoms in total. The highest BCUT2D eigenvalue weighted by atomic mass is 16.5. The van der Waals surface area contributed by atoms with Crippen molar-refractivity contribution in [3.05, 3.63) is 18.2 Å². The van der Waals surface area contributed by atoms with Crippen LogP contribution in [-0.4, -0.2) is 82.0 Å². The van der Waals surface area contributed by atoms with Gasteiger partial charge in [-0.15, -0.1) is 0 Å². The fraction of sp³-hybridized carbons (Fsp3) is 0.762. The van der Waals surface area contributed by atoms with Crippen LogP contribution in [0.1, 0.15) is 37.8 Å². The van der Waals surface area contributed by atoms with Gasteiger partial charge in [-0.3, -0.25) is 9.59 Å². The predicted molar refractivity (Wildman–Crippen MR) is 107 cm³/mol. The number of carbonyl (C=O) groups is 2. The summed E-state index contributed by atoms with van der Waals surface area (Å²) in [4.78, 5) is 31.2. The van der Waals surface area contributed by atoms with Crippen LogP contribution in [0.3, 0.4) is 0 Å². The Morgan fingerprint density at radius 3 is 2.83 bits per heavy atom. The molecule has 2 N–H and O–H groups in total. The second-order valence-electron chi connectivity index (χ2n) is 8.73. The van der Waals surface area contributed by atoms with Gasteiger partial charge in [0.15, 0.2) is 0 Å². The zero-order valence-corrected chi connectivity index (χ0v) is 17.5. The third-order valence-corrected chi connectivity index (χ3v) is 6.07. The zero-order valence-electron chi connectivity index (χ0n) is 17.5. The molecule has 2 aliphatic heterocycles. The normalized spacial score (nSPS) is 29.6. The summed E-state index contributed by atoms with van der Waals surface area (Å²) >= 11 is 0. The van der Waals surface area contributed by atoms with E-state index in [-0.39, 0.29) is 42.6 Å². The summed E-state index contributed by atoms with van der Waals surface area (Å²) < 4.78 is 13.7. The minimum atomic E-state index is -0.670. The van der Waals surface area contributed by atoms with Crippen molar-refractivity contribution in [1.29, 1.82) is 0 Å². The summed E-state index contributed by atoms with van der Waals surface area (Å²) in [5, 5.41) is 13.1. The monoisotopic (exact) mass is 420 g/mol. The molecule has 1 aliphatic carbocycles. The van der Waals surface area contributed by atoms with Crippen LogP contribution in [0.25, 0.3) is 0 Å². The maximum absolute atomic E-state index is 12.8. The van der Waals surface area contributed by atoms with Crippen LogP contribution in [0.15, 0.2) is 12.5 Å². The van der Waals surface area contributed by atoms with Crippen LogP contribution in [0.2, 0.25) is 0 Å². The number of aryl methyl sites for hydroxylation is 1. The molecule has 30 heavy (non-hydrogen) atoms. The van der Waals surface area contributed by atoms with Crippen LogP contribution in [-0.2, 0) is 32.5 Å². The molecule has 3 heterocycles. The van der Waals surface area contributed by atoms with E-state index in [1.807, 2.05) is 22.7 Å². The highest BCUT2D eigenvalue weighted by Gasteiger charge is 2.43. The Hall–Kier alpha value is -1.97. The number of fused-ring (bicyclic) bond motifs is 1. The van der Waals surface area contributed by atoms with E-state index in [4.69, 9.17) is 9.47 Å². The number of nitrogens with zero attached hydrogens (tertiary/aromatic N) is 3. The lowest BCUT2D eigenvalue weighted by atomic mass is 9.94. The van der Waals surface area contributed by atoms with E-state index >= 15 is 0 Å². The molecule has 4 rings (SSSR count). The number of β-amino-alcohol motifs (C(OH)–C–C–N with tert-alkyl or cyclic N) is 1. The van der Waals surface area contributed by atoms with Crippen molar-refractivity contribution >= 4 is 11.8 Å². The summed E-state index contributed by atoms with van der Waals surface area (Å²) in [5.74, 6) is 0.184. The molecule has 0 aromatic carbocycles. The molecule has 166 valence electrons. The molecule has 0 radical (unpaired) electrons. The quantitative estimate of drug-likeness (QED) is 0.672. The Kier molecular flexibility index (Phi) is 6.70. The number of imidazole rings is 1. The standard InChI is InChI=1S/C21H32N4O5/c1-24-9-15(23-13-24)6-7-22-20(27)8-17-4-5-18-19(30-17)12-29-11-16(26)10-25(18)21(28)14-2-3-14/h9,13-14,16-19,26H,2-8,10-12H2,1H3,(H,22,27)/t16-,17-,18+,19-/m1/s1. The highest BCUT2D eigenvalue weighted by Crippen LogP contribution is 2.35. The first-order valence-corrected chi connectivity index (χ1v) is 10.9. The number of hydrogen-bond acceptors (Lipinski definition) is 6. The fourth-order valence-electron chi connectivity index (χ4n) is 4.36. The average molecular weight is 421 g/mol. The molecule has 0 unspecified atom stereocenters. The van der Waals surface area contributed by atoms with Gasteiger partial charge in [0.1, 0.15) is 6.10 Å². The van der Waals surface area contributed by atoms with Crippen molar-refractivity contribution in [2.75, 3.05) is 26.3 Å². The number of carbonyl (C=O) groups excluding carboxylic acids is 2. The third kappa shape index (κ3) is 5.39. The lowest BCUT2D eigenvalue weighted by Crippen LogP contribution is -2.58. The molecular formula is C21H32N4O5. The minimum Gasteiger partial charge on any atom is -0.389 e. The van der Waals surface area contributed by atoms with Crippen molar-refractivity contribution in [2.45, 2.75) is 62.9 Å². The number of nitrogens with one attached hydrogen (secondary N) is 1. The molecule has 4 atom stereocenters. The van der Waals surface area contributed by atoms with Gasteiger partial charge in [-0.2, -0.15) is 0 Å². The first kappa shape index (κ1) is 21.3. The van der Waals surface area contributed by atoms with Gasteiger partial charge in [-0.25, -0.2) is 4.98 Å². The van der Waals surface area contributed by atoms with E-state index in [9.17, 15) is 14.7 Å². The van der Waals surface area contributed by atoms with Crippen molar-refractivity contribution in [2.24, 2.45) is 13.0 Å². The first-order valence-electron chi connectivity index (χ1n) is 10.9. The van der Waals surface area contributed by atoms with Gasteiger partial charge in [0.2, 0.25) is 11.8 Å². The Bertz CT molecular complexity index is 750. The number of aliphatic hydroxyl groups excluding tert-OH is 1. The Morgan fingerprint density at radius 1 is 1.27 bits per heavy atom. The van der Waals surface area contributed by atoms with Gasteiger partial charge in [0.05, 0.1) is 49.9 Å². The zero-order chi connectivity index (χ0) is 21.1. The van der Waals surface area contributed by atoms with Gasteiger partial charge in [0.25, 0.3) is 0 Å². The van der Waals surface area contributed by atoms with Crippen molar-refractivity contribution in [1.82, 2.24) is 19.8 Å². The SMILES string of the molecule is Cn1cnc(CCNC(=O)C[C@H]2CC[C@H]3[C@@H](COC[C@H](O)CN3C(=O)C3CC3)O2)c1. The molecule has 0 bridgehead atoms. The molecule has 2 amide bonds. The molecule has 9 heteroatoms. The summed E-state index contributed by atoms with van der Waals surface area (Å²) in [6.07, 6.45) is 6.88. The lowest BCUT2D eigenvalue weighted by Gasteiger charge is -2.44. The van der Waals surface area contributed by atoms with Crippen LogP contribution < -0.4 is 5.32 Å². The van der Waals surface area contributed by atoms with Crippen LogP contribution in [0.5, 0.6) is 0 Å². The summed E-state index contributed by atoms with van der Waals surface area (Å²) in [6, 6.07) is -0.100. The molecular weight excluding hydrogens is 388 g/mol. The molecule has 1 aromatic rings. The largest absolute Gasteiger partial charge is 0.389 e. The van der Waals surface area contributed by atoms with Gasteiger partial charge < -0.3 is 29.4 Å². The smallest absolute Gasteiger partial charge is 0.226 e. The van der Waals surface area contributed by atoms with Crippen LogP contribution >= 0.6 is 0 Å². The number of rotatable bonds is 6. The van der Waals surface area contributed by atoms with E-state index in [2.05, 4.69) is 10.3 Å². The molecule has 1 saturated carbocycles. The average Bonchev–Trinajstić information content (AvgIpc) is 3.47. The topological polar surface area (TPSA) is 106 Å². The van der Waals surface area contributed by atoms with Crippen molar-refractivity contribution in [3.63, 3.8) is 0 Å². The Labute approximate surface area is 176 Å². The second kappa shape index (κ2) is 9.45. The summed E-state index contributed by atoms with van der Waals surface area (Å²) in [5.41, 5.74) is 0.948. The van der Waals surface area contributed by atoms with Crippen molar-refractivity contribution < 1.29 is 24.2 Å². The first-order chi connectivity index (χ1) is 14.5. The van der Waals surface area contributed by atoms with E-state index in [1.54, 1.807) is 6.33 Å². The van der Waals surface area contributed by atoms with Gasteiger partial charge in [-0.05, 0) is 25.7 Å². The Balaban J connectivity index is 1.28. The van der Waals surface area contributed by atoms with Crippen molar-refractivity contribution in [3.8, 4) is 0 Å². The van der Waals surface area contributed by atoms with Crippen LogP contribution in [0.4, 0.5) is 0 Å². The maximum atomic E-state index is 12.8. The number of aliphatic hydroxyl groups is 1. The number of ether oxygens (including phenoxy) is 2.